The van der Waals surface area contributed by atoms with Crippen molar-refractivity contribution < 1.29 is 29.2 Å². The van der Waals surface area contributed by atoms with Crippen LogP contribution in [0.2, 0.25) is 13.1 Å². The van der Waals surface area contributed by atoms with Crippen LogP contribution in [-0.4, -0.2) is 5.43 Å². The molecule has 0 bridgehead atoms. The van der Waals surface area contributed by atoms with Crippen LogP contribution in [0, 0.1) is 55.4 Å². The largest absolute Gasteiger partial charge is 0.147 e. The van der Waals surface area contributed by atoms with Gasteiger partial charge < -0.3 is 0 Å². The summed E-state index contributed by atoms with van der Waals surface area (Å²) in [6.07, 6.45) is 5.06. The Balaban J connectivity index is 0.00000249. The van der Waals surface area contributed by atoms with Crippen molar-refractivity contribution in [1.29, 1.82) is 0 Å². The molecule has 8 rings (SSSR count). The molecule has 2 nitrogen and oxygen atoms in total. The van der Waals surface area contributed by atoms with Crippen molar-refractivity contribution in [3.8, 4) is 22.3 Å². The Labute approximate surface area is 341 Å². The minimum atomic E-state index is -2.67. The van der Waals surface area contributed by atoms with Crippen molar-refractivity contribution in [3.05, 3.63) is 164 Å². The summed E-state index contributed by atoms with van der Waals surface area (Å²) in [6.45, 7) is 23.0. The fourth-order valence-corrected chi connectivity index (χ4v) is 28.6. The molecule has 2 heterocycles. The van der Waals surface area contributed by atoms with Crippen molar-refractivity contribution in [2.45, 2.75) is 75.7 Å². The van der Waals surface area contributed by atoms with Gasteiger partial charge in [-0.15, -0.1) is 24.8 Å². The number of hydrogen-bond acceptors (Lipinski definition) is 2. The standard InChI is InChI=1S/2C23H21O.C2H6Si.2ClH.Zr/c2*1-14-6-5-7-18(10-14)23-17(4)15(2)11-19-12-20(13-21(19)23)22-9-8-16(3)24-22;1-3-2;;;/h2*5-13H,1-4H3;1-2H3;2*1H;. The SMILES string of the molecule is Cc1cccc(-c2c(C)c(C)cc3c2C=C(c2ccc(C)o2)[CH]3[Zr]([CH]2C(c3ccc(C)o3)=Cc3c2cc(C)c(C)c3-c2cccc(C)c2)=[Si](C)C)c1.Cl.Cl. The first-order valence-corrected chi connectivity index (χ1v) is 27.6. The van der Waals surface area contributed by atoms with Gasteiger partial charge in [0.05, 0.1) is 0 Å². The number of furan rings is 2. The number of fused-ring (bicyclic) bond motifs is 2. The van der Waals surface area contributed by atoms with Crippen molar-refractivity contribution in [3.63, 3.8) is 0 Å². The molecule has 2 atom stereocenters. The smallest absolute Gasteiger partial charge is 0.147 e. The molecule has 2 unspecified atom stereocenters. The van der Waals surface area contributed by atoms with Crippen LogP contribution < -0.4 is 0 Å². The van der Waals surface area contributed by atoms with Gasteiger partial charge in [-0.3, -0.25) is 0 Å². The number of halogens is 2. The van der Waals surface area contributed by atoms with Crippen LogP contribution in [0.25, 0.3) is 45.6 Å². The Morgan fingerprint density at radius 2 is 0.926 bits per heavy atom. The molecule has 0 N–H and O–H groups in total. The Hall–Kier alpha value is -3.40. The van der Waals surface area contributed by atoms with Crippen molar-refractivity contribution in [2.24, 2.45) is 0 Å². The van der Waals surface area contributed by atoms with Crippen LogP contribution in [0.4, 0.5) is 0 Å². The second-order valence-corrected chi connectivity index (χ2v) is 33.3. The third-order valence-electron chi connectivity index (χ3n) is 11.5. The van der Waals surface area contributed by atoms with Gasteiger partial charge in [-0.1, -0.05) is 0 Å². The predicted octanol–water partition coefficient (Wildman–Crippen LogP) is 14.3. The zero-order valence-corrected chi connectivity index (χ0v) is 38.1. The summed E-state index contributed by atoms with van der Waals surface area (Å²) < 4.78 is 13.9. The third kappa shape index (κ3) is 6.87. The summed E-state index contributed by atoms with van der Waals surface area (Å²) >= 11 is -2.67. The van der Waals surface area contributed by atoms with Gasteiger partial charge in [-0.25, -0.2) is 0 Å². The first kappa shape index (κ1) is 40.3. The molecule has 0 saturated carbocycles. The minimum Gasteiger partial charge on any atom is -0.147 e. The van der Waals surface area contributed by atoms with Gasteiger partial charge in [0.15, 0.2) is 0 Å². The van der Waals surface area contributed by atoms with E-state index >= 15 is 0 Å². The van der Waals surface area contributed by atoms with E-state index in [2.05, 4.69) is 166 Å². The molecule has 4 aromatic carbocycles. The fourth-order valence-electron chi connectivity index (χ4n) is 8.89. The molecule has 54 heavy (non-hydrogen) atoms. The zero-order chi connectivity index (χ0) is 36.6. The summed E-state index contributed by atoms with van der Waals surface area (Å²) in [5.74, 6) is 3.99. The van der Waals surface area contributed by atoms with Gasteiger partial charge in [0.2, 0.25) is 0 Å². The Bertz CT molecular complexity index is 2370. The third-order valence-corrected chi connectivity index (χ3v) is 30.7. The summed E-state index contributed by atoms with van der Waals surface area (Å²) in [5.41, 5.74) is 21.2. The molecule has 2 aliphatic rings. The summed E-state index contributed by atoms with van der Waals surface area (Å²) in [5, 5.41) is 0. The van der Waals surface area contributed by atoms with Gasteiger partial charge in [0, 0.05) is 0 Å². The fraction of sp³-hybridized carbons (Fsp3) is 0.250. The average molecular weight is 849 g/mol. The van der Waals surface area contributed by atoms with Crippen molar-refractivity contribution in [2.75, 3.05) is 0 Å². The molecular formula is C48H50Cl2O2SiZr. The number of aryl methyl sites for hydroxylation is 6. The first-order valence-electron chi connectivity index (χ1n) is 18.6. The first-order chi connectivity index (χ1) is 24.9. The molecule has 6 heteroatoms. The zero-order valence-electron chi connectivity index (χ0n) is 33.0. The van der Waals surface area contributed by atoms with Gasteiger partial charge in [0.1, 0.15) is 0 Å². The van der Waals surface area contributed by atoms with Crippen LogP contribution >= 0.6 is 24.8 Å². The molecule has 0 amide bonds. The Morgan fingerprint density at radius 1 is 0.519 bits per heavy atom. The van der Waals surface area contributed by atoms with E-state index in [0.29, 0.717) is 7.25 Å². The van der Waals surface area contributed by atoms with Crippen LogP contribution in [0.15, 0.2) is 93.8 Å². The van der Waals surface area contributed by atoms with Gasteiger partial charge in [-0.05, 0) is 0 Å². The molecule has 276 valence electrons. The van der Waals surface area contributed by atoms with E-state index in [4.69, 9.17) is 8.83 Å². The number of hydrogen-bond donors (Lipinski definition) is 0. The van der Waals surface area contributed by atoms with E-state index in [9.17, 15) is 0 Å². The quantitative estimate of drug-likeness (QED) is 0.156. The number of benzene rings is 4. The van der Waals surface area contributed by atoms with E-state index in [1.165, 1.54) is 89.0 Å². The van der Waals surface area contributed by atoms with E-state index in [-0.39, 0.29) is 24.8 Å². The molecule has 0 fully saturated rings. The molecule has 2 aromatic heterocycles. The molecule has 0 saturated heterocycles. The second kappa shape index (κ2) is 15.6. The van der Waals surface area contributed by atoms with Crippen molar-refractivity contribution >= 4 is 53.5 Å². The van der Waals surface area contributed by atoms with Gasteiger partial charge in [0.25, 0.3) is 0 Å². The number of allylic oxidation sites excluding steroid dienone is 2. The van der Waals surface area contributed by atoms with Crippen LogP contribution in [0.5, 0.6) is 0 Å². The van der Waals surface area contributed by atoms with Crippen LogP contribution in [0.3, 0.4) is 0 Å². The van der Waals surface area contributed by atoms with E-state index in [1.807, 2.05) is 0 Å². The maximum atomic E-state index is 6.60. The maximum absolute atomic E-state index is 6.60. The summed E-state index contributed by atoms with van der Waals surface area (Å²) in [7, 11) is 0. The Kier molecular flexibility index (Phi) is 11.6. The van der Waals surface area contributed by atoms with E-state index in [0.717, 1.165) is 23.0 Å². The van der Waals surface area contributed by atoms with Crippen LogP contribution in [0.1, 0.15) is 85.9 Å². The topological polar surface area (TPSA) is 26.3 Å². The molecule has 6 aromatic rings. The van der Waals surface area contributed by atoms with Crippen molar-refractivity contribution in [1.82, 2.24) is 0 Å². The maximum Gasteiger partial charge on any atom is -0.147 e. The molecule has 2 aliphatic carbocycles. The second-order valence-electron chi connectivity index (χ2n) is 15.5. The summed E-state index contributed by atoms with van der Waals surface area (Å²) in [6, 6.07) is 32.0. The molecular weight excluding hydrogens is 799 g/mol. The summed E-state index contributed by atoms with van der Waals surface area (Å²) in [4.78, 5) is 0. The van der Waals surface area contributed by atoms with E-state index < -0.39 is 25.8 Å². The van der Waals surface area contributed by atoms with Gasteiger partial charge in [-0.2, -0.15) is 0 Å². The Morgan fingerprint density at radius 3 is 1.26 bits per heavy atom. The van der Waals surface area contributed by atoms with Crippen LogP contribution in [-0.2, 0) is 20.4 Å². The normalized spacial score (nSPS) is 15.5. The number of rotatable bonds is 6. The minimum absolute atomic E-state index is 0. The molecule has 0 radical (unpaired) electrons. The van der Waals surface area contributed by atoms with E-state index in [1.54, 1.807) is 0 Å². The molecule has 0 spiro atoms. The van der Waals surface area contributed by atoms with Gasteiger partial charge >= 0.3 is 320 Å². The predicted molar refractivity (Wildman–Crippen MR) is 232 cm³/mol. The monoisotopic (exact) mass is 846 g/mol. The molecule has 0 aliphatic heterocycles. The average Bonchev–Trinajstić information content (AvgIpc) is 3.89.